The van der Waals surface area contributed by atoms with Crippen molar-refractivity contribution in [3.05, 3.63) is 53.6 Å². The molecule has 144 valence electrons. The molecule has 3 aromatic rings. The third-order valence-electron chi connectivity index (χ3n) is 3.95. The lowest BCUT2D eigenvalue weighted by atomic mass is 10.1. The highest BCUT2D eigenvalue weighted by atomic mass is 32.2. The van der Waals surface area contributed by atoms with Gasteiger partial charge in [-0.1, -0.05) is 30.0 Å². The number of primary sulfonamides is 1. The highest BCUT2D eigenvalue weighted by Gasteiger charge is 2.30. The van der Waals surface area contributed by atoms with Crippen molar-refractivity contribution in [3.8, 4) is 0 Å². The molecule has 5 nitrogen and oxygen atoms in total. The number of sulfonamides is 1. The Morgan fingerprint density at radius 2 is 1.93 bits per heavy atom. The summed E-state index contributed by atoms with van der Waals surface area (Å²) in [6.45, 7) is 2.49. The van der Waals surface area contributed by atoms with E-state index >= 15 is 0 Å². The summed E-state index contributed by atoms with van der Waals surface area (Å²) in [6, 6.07) is 9.58. The molecule has 0 aliphatic heterocycles. The smallest absolute Gasteiger partial charge is 0.319 e. The van der Waals surface area contributed by atoms with Gasteiger partial charge in [0.15, 0.2) is 5.16 Å². The minimum atomic E-state index is -4.39. The number of imidazole rings is 1. The number of fused-ring (bicyclic) bond motifs is 1. The largest absolute Gasteiger partial charge is 0.416 e. The van der Waals surface area contributed by atoms with Crippen LogP contribution in [0, 0.1) is 0 Å². The molecule has 0 fully saturated rings. The molecular weight excluding hydrogens is 399 g/mol. The monoisotopic (exact) mass is 415 g/mol. The van der Waals surface area contributed by atoms with E-state index in [1.807, 2.05) is 11.5 Å². The van der Waals surface area contributed by atoms with Crippen molar-refractivity contribution in [1.29, 1.82) is 0 Å². The van der Waals surface area contributed by atoms with Crippen LogP contribution in [0.15, 0.2) is 52.5 Å². The molecule has 2 aromatic carbocycles. The summed E-state index contributed by atoms with van der Waals surface area (Å²) in [5, 5.41) is 5.74. The van der Waals surface area contributed by atoms with Gasteiger partial charge in [-0.3, -0.25) is 0 Å². The van der Waals surface area contributed by atoms with E-state index in [0.717, 1.165) is 17.6 Å². The zero-order valence-corrected chi connectivity index (χ0v) is 15.8. The molecule has 0 unspecified atom stereocenters. The van der Waals surface area contributed by atoms with Crippen molar-refractivity contribution < 1.29 is 21.6 Å². The first kappa shape index (κ1) is 19.7. The maximum atomic E-state index is 12.8. The van der Waals surface area contributed by atoms with Crippen LogP contribution in [0.2, 0.25) is 0 Å². The van der Waals surface area contributed by atoms with E-state index in [4.69, 9.17) is 5.14 Å². The molecule has 3 rings (SSSR count). The Morgan fingerprint density at radius 3 is 2.56 bits per heavy atom. The normalized spacial score (nSPS) is 12.6. The molecule has 0 saturated carbocycles. The number of benzene rings is 2. The Hall–Kier alpha value is -2.04. The fraction of sp³-hybridized carbons (Fsp3) is 0.235. The van der Waals surface area contributed by atoms with Crippen LogP contribution in [0.4, 0.5) is 13.2 Å². The summed E-state index contributed by atoms with van der Waals surface area (Å²) in [4.78, 5) is 4.39. The van der Waals surface area contributed by atoms with Gasteiger partial charge in [0, 0.05) is 12.3 Å². The molecule has 1 aromatic heterocycles. The van der Waals surface area contributed by atoms with Crippen LogP contribution >= 0.6 is 11.8 Å². The van der Waals surface area contributed by atoms with E-state index in [0.29, 0.717) is 28.5 Å². The van der Waals surface area contributed by atoms with E-state index in [2.05, 4.69) is 4.98 Å². The summed E-state index contributed by atoms with van der Waals surface area (Å²) in [7, 11) is -3.84. The molecule has 0 bridgehead atoms. The van der Waals surface area contributed by atoms with E-state index < -0.39 is 21.8 Å². The van der Waals surface area contributed by atoms with Crippen molar-refractivity contribution in [2.75, 3.05) is 0 Å². The second kappa shape index (κ2) is 7.17. The van der Waals surface area contributed by atoms with Crippen molar-refractivity contribution >= 4 is 32.8 Å². The number of nitrogens with zero attached hydrogens (tertiary/aromatic N) is 2. The molecule has 27 heavy (non-hydrogen) atoms. The summed E-state index contributed by atoms with van der Waals surface area (Å²) in [5.74, 6) is 0.301. The van der Waals surface area contributed by atoms with Crippen LogP contribution < -0.4 is 5.14 Å². The lowest BCUT2D eigenvalue weighted by Gasteiger charge is -2.09. The standard InChI is InChI=1S/C17H16F3N3O2S2/c1-2-23-15-7-6-13(27(21,24)25)9-14(15)22-16(23)26-10-11-4-3-5-12(8-11)17(18,19)20/h3-9H,2,10H2,1H3,(H2,21,24,25). The fourth-order valence-corrected chi connectivity index (χ4v) is 4.22. The first-order chi connectivity index (χ1) is 12.6. The van der Waals surface area contributed by atoms with Gasteiger partial charge in [-0.05, 0) is 36.8 Å². The number of rotatable bonds is 5. The minimum Gasteiger partial charge on any atom is -0.319 e. The fourth-order valence-electron chi connectivity index (χ4n) is 2.67. The molecule has 0 spiro atoms. The molecule has 0 radical (unpaired) electrons. The Bertz CT molecular complexity index is 1090. The average Bonchev–Trinajstić information content (AvgIpc) is 2.95. The van der Waals surface area contributed by atoms with Gasteiger partial charge in [0.05, 0.1) is 21.5 Å². The third kappa shape index (κ3) is 4.28. The van der Waals surface area contributed by atoms with E-state index in [1.54, 1.807) is 12.1 Å². The SMILES string of the molecule is CCn1c(SCc2cccc(C(F)(F)F)c2)nc2cc(S(N)(=O)=O)ccc21. The summed E-state index contributed by atoms with van der Waals surface area (Å²) in [6.07, 6.45) is -4.39. The third-order valence-corrected chi connectivity index (χ3v) is 5.91. The van der Waals surface area contributed by atoms with Gasteiger partial charge in [0.2, 0.25) is 10.0 Å². The zero-order valence-electron chi connectivity index (χ0n) is 14.2. The summed E-state index contributed by atoms with van der Waals surface area (Å²) in [5.41, 5.74) is 1.03. The van der Waals surface area contributed by atoms with Crippen LogP contribution in [0.1, 0.15) is 18.1 Å². The van der Waals surface area contributed by atoms with Crippen LogP contribution in [-0.2, 0) is 28.5 Å². The number of alkyl halides is 3. The molecule has 2 N–H and O–H groups in total. The second-order valence-electron chi connectivity index (χ2n) is 5.82. The van der Waals surface area contributed by atoms with Crippen molar-refractivity contribution in [1.82, 2.24) is 9.55 Å². The number of hydrogen-bond acceptors (Lipinski definition) is 4. The molecule has 0 aliphatic carbocycles. The highest BCUT2D eigenvalue weighted by Crippen LogP contribution is 2.32. The lowest BCUT2D eigenvalue weighted by molar-refractivity contribution is -0.137. The van der Waals surface area contributed by atoms with Gasteiger partial charge in [-0.2, -0.15) is 13.2 Å². The Morgan fingerprint density at radius 1 is 1.19 bits per heavy atom. The van der Waals surface area contributed by atoms with Gasteiger partial charge in [0.1, 0.15) is 0 Å². The molecular formula is C17H16F3N3O2S2. The quantitative estimate of drug-likeness (QED) is 0.639. The lowest BCUT2D eigenvalue weighted by Crippen LogP contribution is -2.11. The molecule has 0 saturated heterocycles. The summed E-state index contributed by atoms with van der Waals surface area (Å²) < 4.78 is 63.4. The number of halogens is 3. The van der Waals surface area contributed by atoms with Crippen LogP contribution in [0.5, 0.6) is 0 Å². The Labute approximate surface area is 158 Å². The minimum absolute atomic E-state index is 0.0369. The molecule has 0 atom stereocenters. The van der Waals surface area contributed by atoms with Crippen LogP contribution in [0.3, 0.4) is 0 Å². The average molecular weight is 415 g/mol. The zero-order chi connectivity index (χ0) is 19.8. The van der Waals surface area contributed by atoms with Gasteiger partial charge in [-0.25, -0.2) is 18.5 Å². The van der Waals surface area contributed by atoms with Crippen molar-refractivity contribution in [2.24, 2.45) is 5.14 Å². The molecule has 0 amide bonds. The van der Waals surface area contributed by atoms with E-state index in [-0.39, 0.29) is 4.90 Å². The maximum Gasteiger partial charge on any atom is 0.416 e. The van der Waals surface area contributed by atoms with E-state index in [1.165, 1.54) is 30.0 Å². The van der Waals surface area contributed by atoms with Crippen LogP contribution in [-0.4, -0.2) is 18.0 Å². The maximum absolute atomic E-state index is 12.8. The number of thioether (sulfide) groups is 1. The van der Waals surface area contributed by atoms with Crippen molar-refractivity contribution in [2.45, 2.75) is 35.4 Å². The Kier molecular flexibility index (Phi) is 5.24. The first-order valence-corrected chi connectivity index (χ1v) is 10.4. The topological polar surface area (TPSA) is 78.0 Å². The number of aromatic nitrogens is 2. The van der Waals surface area contributed by atoms with Crippen LogP contribution in [0.25, 0.3) is 11.0 Å². The summed E-state index contributed by atoms with van der Waals surface area (Å²) >= 11 is 1.29. The molecule has 10 heteroatoms. The second-order valence-corrected chi connectivity index (χ2v) is 8.32. The number of aryl methyl sites for hydroxylation is 1. The predicted molar refractivity (Wildman–Crippen MR) is 97.8 cm³/mol. The van der Waals surface area contributed by atoms with Gasteiger partial charge >= 0.3 is 6.18 Å². The first-order valence-electron chi connectivity index (χ1n) is 7.91. The number of hydrogen-bond donors (Lipinski definition) is 1. The predicted octanol–water partition coefficient (Wildman–Crippen LogP) is 4.01. The van der Waals surface area contributed by atoms with Gasteiger partial charge in [-0.15, -0.1) is 0 Å². The van der Waals surface area contributed by atoms with E-state index in [9.17, 15) is 21.6 Å². The van der Waals surface area contributed by atoms with Gasteiger partial charge in [0.25, 0.3) is 0 Å². The van der Waals surface area contributed by atoms with Crippen molar-refractivity contribution in [3.63, 3.8) is 0 Å². The number of nitrogens with two attached hydrogens (primary N) is 1. The van der Waals surface area contributed by atoms with Gasteiger partial charge < -0.3 is 4.57 Å². The highest BCUT2D eigenvalue weighted by molar-refractivity contribution is 7.98. The molecule has 1 heterocycles. The Balaban J connectivity index is 1.91. The molecule has 0 aliphatic rings.